The summed E-state index contributed by atoms with van der Waals surface area (Å²) < 4.78 is 11.2. The first kappa shape index (κ1) is 13.1. The molecule has 1 aromatic carbocycles. The summed E-state index contributed by atoms with van der Waals surface area (Å²) in [6, 6.07) is 4.10. The third-order valence-electron chi connectivity index (χ3n) is 3.65. The third kappa shape index (κ3) is 2.07. The Labute approximate surface area is 118 Å². The molecule has 108 valence electrons. The van der Waals surface area contributed by atoms with Crippen molar-refractivity contribution in [3.8, 4) is 5.75 Å². The molecule has 3 rings (SSSR count). The molecule has 0 bridgehead atoms. The highest BCUT2D eigenvalue weighted by molar-refractivity contribution is 6.01. The van der Waals surface area contributed by atoms with Crippen molar-refractivity contribution in [2.45, 2.75) is 38.8 Å². The number of hydrogen-bond donors (Lipinski definition) is 1. The van der Waals surface area contributed by atoms with E-state index in [0.29, 0.717) is 29.6 Å². The highest BCUT2D eigenvalue weighted by atomic mass is 16.6. The largest absolute Gasteiger partial charge is 0.488 e. The fourth-order valence-electron chi connectivity index (χ4n) is 2.61. The lowest BCUT2D eigenvalue weighted by molar-refractivity contribution is 0.00660. The molecule has 1 aromatic rings. The lowest BCUT2D eigenvalue weighted by atomic mass is 9.98. The molecule has 2 heterocycles. The number of anilines is 2. The van der Waals surface area contributed by atoms with Crippen LogP contribution in [0.15, 0.2) is 12.1 Å². The van der Waals surface area contributed by atoms with Gasteiger partial charge >= 0.3 is 5.97 Å². The minimum atomic E-state index is -0.555. The van der Waals surface area contributed by atoms with Crippen LogP contribution in [0.3, 0.4) is 0 Å². The van der Waals surface area contributed by atoms with Crippen LogP contribution in [0, 0.1) is 0 Å². The van der Waals surface area contributed by atoms with E-state index in [4.69, 9.17) is 15.2 Å². The molecule has 1 fully saturated rings. The van der Waals surface area contributed by atoms with Gasteiger partial charge in [0, 0.05) is 6.54 Å². The molecule has 1 saturated heterocycles. The molecule has 1 unspecified atom stereocenters. The van der Waals surface area contributed by atoms with E-state index in [0.717, 1.165) is 18.7 Å². The Hall–Kier alpha value is -1.91. The summed E-state index contributed by atoms with van der Waals surface area (Å²) in [5.41, 5.74) is 7.10. The highest BCUT2D eigenvalue weighted by Gasteiger charge is 2.37. The second kappa shape index (κ2) is 4.30. The zero-order chi connectivity index (χ0) is 14.5. The van der Waals surface area contributed by atoms with Crippen LogP contribution in [0.25, 0.3) is 0 Å². The number of hydrogen-bond acceptors (Lipinski definition) is 5. The van der Waals surface area contributed by atoms with Crippen molar-refractivity contribution in [3.05, 3.63) is 17.7 Å². The molecular formula is C15H20N2O3. The maximum absolute atomic E-state index is 12.4. The van der Waals surface area contributed by atoms with Gasteiger partial charge < -0.3 is 20.1 Å². The number of nitrogens with two attached hydrogens (primary N) is 1. The number of fused-ring (bicyclic) bond motifs is 3. The number of nitrogens with zero attached hydrogens (tertiary/aromatic N) is 1. The van der Waals surface area contributed by atoms with Gasteiger partial charge in [0.15, 0.2) is 5.75 Å². The standard InChI is InChI=1S/C15H20N2O3/c1-15(2,3)20-14(18)12-10(16)4-5-11-13(12)19-8-9-6-7-17(9)11/h4-5,9H,6-8,16H2,1-3H3. The Bertz CT molecular complexity index is 563. The third-order valence-corrected chi connectivity index (χ3v) is 3.65. The number of carbonyl (C=O) groups is 1. The fourth-order valence-corrected chi connectivity index (χ4v) is 2.61. The van der Waals surface area contributed by atoms with E-state index in [1.54, 1.807) is 6.07 Å². The topological polar surface area (TPSA) is 64.8 Å². The molecule has 0 aromatic heterocycles. The van der Waals surface area contributed by atoms with Gasteiger partial charge in [-0.15, -0.1) is 0 Å². The number of rotatable bonds is 1. The highest BCUT2D eigenvalue weighted by Crippen LogP contribution is 2.43. The summed E-state index contributed by atoms with van der Waals surface area (Å²) in [7, 11) is 0. The Kier molecular flexibility index (Phi) is 2.81. The zero-order valence-corrected chi connectivity index (χ0v) is 12.1. The van der Waals surface area contributed by atoms with E-state index in [-0.39, 0.29) is 0 Å². The van der Waals surface area contributed by atoms with Crippen LogP contribution in [-0.2, 0) is 4.74 Å². The molecule has 1 atom stereocenters. The number of esters is 1. The lowest BCUT2D eigenvalue weighted by Crippen LogP contribution is -2.53. The summed E-state index contributed by atoms with van der Waals surface area (Å²) in [4.78, 5) is 14.6. The van der Waals surface area contributed by atoms with E-state index in [9.17, 15) is 4.79 Å². The predicted molar refractivity (Wildman–Crippen MR) is 77.3 cm³/mol. The van der Waals surface area contributed by atoms with Gasteiger partial charge in [0.25, 0.3) is 0 Å². The summed E-state index contributed by atoms with van der Waals surface area (Å²) in [6.07, 6.45) is 1.13. The molecular weight excluding hydrogens is 256 g/mol. The van der Waals surface area contributed by atoms with Crippen LogP contribution < -0.4 is 15.4 Å². The number of nitrogen functional groups attached to an aromatic ring is 1. The molecule has 0 saturated carbocycles. The molecule has 0 amide bonds. The van der Waals surface area contributed by atoms with Crippen LogP contribution in [0.1, 0.15) is 37.6 Å². The van der Waals surface area contributed by atoms with Gasteiger partial charge in [-0.1, -0.05) is 0 Å². The maximum Gasteiger partial charge on any atom is 0.344 e. The monoisotopic (exact) mass is 276 g/mol. The molecule has 5 nitrogen and oxygen atoms in total. The summed E-state index contributed by atoms with van der Waals surface area (Å²) in [5, 5.41) is 0. The van der Waals surface area contributed by atoms with Gasteiger partial charge in [-0.3, -0.25) is 0 Å². The minimum Gasteiger partial charge on any atom is -0.488 e. The average molecular weight is 276 g/mol. The van der Waals surface area contributed by atoms with Crippen molar-refractivity contribution in [3.63, 3.8) is 0 Å². The number of carbonyl (C=O) groups excluding carboxylic acids is 1. The van der Waals surface area contributed by atoms with Gasteiger partial charge in [-0.2, -0.15) is 0 Å². The van der Waals surface area contributed by atoms with Gasteiger partial charge in [0.2, 0.25) is 0 Å². The summed E-state index contributed by atoms with van der Waals surface area (Å²) in [5.74, 6) is 0.140. The van der Waals surface area contributed by atoms with Crippen LogP contribution in [0.4, 0.5) is 11.4 Å². The Balaban J connectivity index is 2.00. The van der Waals surface area contributed by atoms with Crippen LogP contribution in [-0.4, -0.2) is 30.8 Å². The molecule has 0 spiro atoms. The van der Waals surface area contributed by atoms with Gasteiger partial charge in [0.1, 0.15) is 17.8 Å². The van der Waals surface area contributed by atoms with Gasteiger partial charge in [-0.05, 0) is 39.3 Å². The Morgan fingerprint density at radius 1 is 1.45 bits per heavy atom. The van der Waals surface area contributed by atoms with Crippen LogP contribution in [0.2, 0.25) is 0 Å². The Morgan fingerprint density at radius 2 is 2.20 bits per heavy atom. The maximum atomic E-state index is 12.4. The van der Waals surface area contributed by atoms with Gasteiger partial charge in [0.05, 0.1) is 17.4 Å². The number of benzene rings is 1. The quantitative estimate of drug-likeness (QED) is 0.629. The second-order valence-corrected chi connectivity index (χ2v) is 6.33. The fraction of sp³-hybridized carbons (Fsp3) is 0.533. The molecule has 2 aliphatic heterocycles. The smallest absolute Gasteiger partial charge is 0.344 e. The second-order valence-electron chi connectivity index (χ2n) is 6.33. The lowest BCUT2D eigenvalue weighted by Gasteiger charge is -2.46. The number of ether oxygens (including phenoxy) is 2. The molecule has 2 aliphatic rings. The van der Waals surface area contributed by atoms with Crippen molar-refractivity contribution < 1.29 is 14.3 Å². The predicted octanol–water partition coefficient (Wildman–Crippen LogP) is 2.20. The molecule has 2 N–H and O–H groups in total. The van der Waals surface area contributed by atoms with E-state index in [1.165, 1.54) is 0 Å². The molecule has 20 heavy (non-hydrogen) atoms. The van der Waals surface area contributed by atoms with Crippen LogP contribution in [0.5, 0.6) is 5.75 Å². The summed E-state index contributed by atoms with van der Waals surface area (Å²) in [6.45, 7) is 7.11. The van der Waals surface area contributed by atoms with Crippen molar-refractivity contribution in [2.75, 3.05) is 23.8 Å². The minimum absolute atomic E-state index is 0.350. The zero-order valence-electron chi connectivity index (χ0n) is 12.1. The first-order chi connectivity index (χ1) is 9.37. The van der Waals surface area contributed by atoms with E-state index < -0.39 is 11.6 Å². The van der Waals surface area contributed by atoms with Crippen molar-refractivity contribution >= 4 is 17.3 Å². The van der Waals surface area contributed by atoms with Crippen molar-refractivity contribution in [1.82, 2.24) is 0 Å². The molecule has 0 aliphatic carbocycles. The van der Waals surface area contributed by atoms with Crippen LogP contribution >= 0.6 is 0 Å². The van der Waals surface area contributed by atoms with Crippen molar-refractivity contribution in [2.24, 2.45) is 0 Å². The van der Waals surface area contributed by atoms with Gasteiger partial charge in [-0.25, -0.2) is 4.79 Å². The van der Waals surface area contributed by atoms with E-state index in [2.05, 4.69) is 4.90 Å². The normalized spacial score (nSPS) is 20.4. The van der Waals surface area contributed by atoms with Crippen molar-refractivity contribution in [1.29, 1.82) is 0 Å². The SMILES string of the molecule is CC(C)(C)OC(=O)c1c(N)ccc2c1OCC1CCN21. The van der Waals surface area contributed by atoms with E-state index in [1.807, 2.05) is 26.8 Å². The first-order valence-corrected chi connectivity index (χ1v) is 6.92. The first-order valence-electron chi connectivity index (χ1n) is 6.92. The van der Waals surface area contributed by atoms with E-state index >= 15 is 0 Å². The summed E-state index contributed by atoms with van der Waals surface area (Å²) >= 11 is 0. The average Bonchev–Trinajstić information content (AvgIpc) is 2.27. The Morgan fingerprint density at radius 3 is 2.80 bits per heavy atom. The molecule has 5 heteroatoms. The molecule has 0 radical (unpaired) electrons.